The van der Waals surface area contributed by atoms with Crippen molar-refractivity contribution in [2.75, 3.05) is 19.8 Å². The van der Waals surface area contributed by atoms with Crippen LogP contribution in [-0.2, 0) is 9.47 Å². The smallest absolute Gasteiger partial charge is 0.269 e. The monoisotopic (exact) mass is 255 g/mol. The second kappa shape index (κ2) is 4.99. The number of benzene rings is 1. The molecule has 1 heterocycles. The minimum Gasteiger partial charge on any atom is -0.390 e. The van der Waals surface area contributed by atoms with E-state index in [0.29, 0.717) is 5.56 Å². The Hall–Kier alpha value is -1.54. The van der Waals surface area contributed by atoms with Crippen molar-refractivity contribution in [1.29, 1.82) is 0 Å². The van der Waals surface area contributed by atoms with Gasteiger partial charge in [-0.15, -0.1) is 0 Å². The molecule has 1 saturated heterocycles. The minimum absolute atomic E-state index is 0.0245. The van der Waals surface area contributed by atoms with E-state index >= 15 is 0 Å². The summed E-state index contributed by atoms with van der Waals surface area (Å²) in [6.45, 7) is 0.455. The molecule has 1 aromatic rings. The number of hydrogen-bond donors (Lipinski definition) is 2. The van der Waals surface area contributed by atoms with Gasteiger partial charge in [0.1, 0.15) is 19.8 Å². The number of quaternary nitrogens is 1. The van der Waals surface area contributed by atoms with E-state index in [1.807, 2.05) is 0 Å². The Morgan fingerprint density at radius 2 is 1.94 bits per heavy atom. The molecule has 0 bridgehead atoms. The molecule has 1 fully saturated rings. The molecule has 1 aromatic carbocycles. The van der Waals surface area contributed by atoms with Gasteiger partial charge in [0.25, 0.3) is 5.69 Å². The van der Waals surface area contributed by atoms with E-state index in [1.165, 1.54) is 12.1 Å². The lowest BCUT2D eigenvalue weighted by Crippen LogP contribution is -2.80. The maximum Gasteiger partial charge on any atom is 0.269 e. The Morgan fingerprint density at radius 1 is 1.39 bits per heavy atom. The van der Waals surface area contributed by atoms with Crippen molar-refractivity contribution < 1.29 is 25.2 Å². The fourth-order valence-corrected chi connectivity index (χ4v) is 1.63. The van der Waals surface area contributed by atoms with Crippen molar-refractivity contribution in [1.82, 2.24) is 0 Å². The van der Waals surface area contributed by atoms with Gasteiger partial charge in [-0.2, -0.15) is 0 Å². The van der Waals surface area contributed by atoms with Gasteiger partial charge in [0.05, 0.1) is 4.92 Å². The van der Waals surface area contributed by atoms with Gasteiger partial charge in [0.15, 0.2) is 11.8 Å². The van der Waals surface area contributed by atoms with Crippen molar-refractivity contribution in [2.45, 2.75) is 11.8 Å². The summed E-state index contributed by atoms with van der Waals surface area (Å²) in [4.78, 5) is 10.1. The van der Waals surface area contributed by atoms with Gasteiger partial charge in [-0.1, -0.05) is 0 Å². The third-order valence-electron chi connectivity index (χ3n) is 2.79. The topological polar surface area (TPSA) is 109 Å². The van der Waals surface area contributed by atoms with Crippen LogP contribution in [-0.4, -0.2) is 35.4 Å². The highest BCUT2D eigenvalue weighted by atomic mass is 16.7. The van der Waals surface area contributed by atoms with Gasteiger partial charge in [-0.25, -0.2) is 0 Å². The van der Waals surface area contributed by atoms with Crippen LogP contribution in [0, 0.1) is 10.1 Å². The maximum absolute atomic E-state index is 10.5. The zero-order chi connectivity index (χ0) is 13.2. The lowest BCUT2D eigenvalue weighted by molar-refractivity contribution is -0.518. The summed E-state index contributed by atoms with van der Waals surface area (Å²) in [6.07, 6.45) is -0.563. The van der Waals surface area contributed by atoms with Crippen LogP contribution in [0.15, 0.2) is 24.3 Å². The van der Waals surface area contributed by atoms with Gasteiger partial charge < -0.3 is 20.3 Å². The minimum atomic E-state index is -0.628. The van der Waals surface area contributed by atoms with E-state index in [9.17, 15) is 10.1 Å². The largest absolute Gasteiger partial charge is 0.390 e. The van der Waals surface area contributed by atoms with Crippen LogP contribution in [0.2, 0.25) is 0 Å². The highest BCUT2D eigenvalue weighted by Gasteiger charge is 2.36. The van der Waals surface area contributed by atoms with Crippen molar-refractivity contribution >= 4 is 5.69 Å². The van der Waals surface area contributed by atoms with E-state index in [-0.39, 0.29) is 25.5 Å². The average Bonchev–Trinajstić information content (AvgIpc) is 2.40. The number of ether oxygens (including phenoxy) is 2. The third-order valence-corrected chi connectivity index (χ3v) is 2.79. The number of hydrogen-bond acceptors (Lipinski definition) is 5. The van der Waals surface area contributed by atoms with Crippen LogP contribution >= 0.6 is 0 Å². The molecule has 0 unspecified atom stereocenters. The van der Waals surface area contributed by atoms with E-state index < -0.39 is 16.8 Å². The summed E-state index contributed by atoms with van der Waals surface area (Å²) in [6, 6.07) is 6.00. The lowest BCUT2D eigenvalue weighted by atomic mass is 10.0. The normalized spacial score (nSPS) is 28.0. The molecule has 0 amide bonds. The molecule has 18 heavy (non-hydrogen) atoms. The Kier molecular flexibility index (Phi) is 3.58. The number of non-ortho nitro benzene ring substituents is 1. The molecule has 0 radical (unpaired) electrons. The summed E-state index contributed by atoms with van der Waals surface area (Å²) in [5.74, 6) is 0. The number of aliphatic hydroxyl groups is 1. The molecule has 4 N–H and O–H groups in total. The number of aliphatic hydroxyl groups excluding tert-OH is 1. The number of nitro groups is 1. The summed E-state index contributed by atoms with van der Waals surface area (Å²) in [5, 5.41) is 19.6. The molecule has 98 valence electrons. The molecule has 0 aromatic heterocycles. The number of nitro benzene ring substituents is 1. The Balaban J connectivity index is 2.03. The van der Waals surface area contributed by atoms with E-state index in [1.54, 1.807) is 12.1 Å². The molecule has 0 atom stereocenters. The molecule has 7 heteroatoms. The van der Waals surface area contributed by atoms with Gasteiger partial charge in [-0.3, -0.25) is 10.1 Å². The van der Waals surface area contributed by atoms with Crippen LogP contribution in [0.25, 0.3) is 0 Å². The van der Waals surface area contributed by atoms with Crippen molar-refractivity contribution in [2.24, 2.45) is 0 Å². The molecule has 0 spiro atoms. The van der Waals surface area contributed by atoms with Crippen LogP contribution in [0.3, 0.4) is 0 Å². The summed E-state index contributed by atoms with van der Waals surface area (Å²) >= 11 is 0. The third kappa shape index (κ3) is 2.65. The number of rotatable bonds is 3. The summed E-state index contributed by atoms with van der Waals surface area (Å²) in [7, 11) is 0. The first kappa shape index (κ1) is 12.9. The Labute approximate surface area is 103 Å². The van der Waals surface area contributed by atoms with Crippen molar-refractivity contribution in [3.05, 3.63) is 39.9 Å². The van der Waals surface area contributed by atoms with Gasteiger partial charge in [0.2, 0.25) is 0 Å². The second-order valence-corrected chi connectivity index (χ2v) is 4.46. The van der Waals surface area contributed by atoms with Crippen molar-refractivity contribution in [3.8, 4) is 0 Å². The SMILES string of the molecule is [NH3+]C1(CO)COC(c2ccc([N+](=O)[O-])cc2)OC1. The standard InChI is InChI=1S/C11H14N2O5/c12-11(5-14)6-17-10(18-7-11)8-1-3-9(4-2-8)13(15)16/h1-4,10,14H,5-7,12H2/p+1. The summed E-state index contributed by atoms with van der Waals surface area (Å²) in [5.41, 5.74) is 3.93. The van der Waals surface area contributed by atoms with E-state index in [0.717, 1.165) is 0 Å². The molecular weight excluding hydrogens is 240 g/mol. The number of nitrogens with zero attached hydrogens (tertiary/aromatic N) is 1. The molecule has 0 aliphatic carbocycles. The van der Waals surface area contributed by atoms with Gasteiger partial charge in [0, 0.05) is 17.7 Å². The van der Waals surface area contributed by atoms with Crippen molar-refractivity contribution in [3.63, 3.8) is 0 Å². The first-order valence-corrected chi connectivity index (χ1v) is 5.48. The molecule has 7 nitrogen and oxygen atoms in total. The van der Waals surface area contributed by atoms with Crippen LogP contribution in [0.5, 0.6) is 0 Å². The predicted octanol–water partition coefficient (Wildman–Crippen LogP) is -0.387. The zero-order valence-electron chi connectivity index (χ0n) is 9.74. The highest BCUT2D eigenvalue weighted by molar-refractivity contribution is 5.33. The molecule has 2 rings (SSSR count). The molecular formula is C11H15N2O5+. The maximum atomic E-state index is 10.5. The summed E-state index contributed by atoms with van der Waals surface area (Å²) < 4.78 is 10.9. The molecule has 1 aliphatic heterocycles. The van der Waals surface area contributed by atoms with E-state index in [2.05, 4.69) is 5.73 Å². The fourth-order valence-electron chi connectivity index (χ4n) is 1.63. The Bertz CT molecular complexity index is 426. The van der Waals surface area contributed by atoms with Gasteiger partial charge >= 0.3 is 0 Å². The zero-order valence-corrected chi connectivity index (χ0v) is 9.74. The predicted molar refractivity (Wildman–Crippen MR) is 60.4 cm³/mol. The quantitative estimate of drug-likeness (QED) is 0.564. The molecule has 1 aliphatic rings. The molecule has 0 saturated carbocycles. The van der Waals surface area contributed by atoms with Crippen LogP contribution in [0.1, 0.15) is 11.9 Å². The fraction of sp³-hybridized carbons (Fsp3) is 0.455. The second-order valence-electron chi connectivity index (χ2n) is 4.46. The van der Waals surface area contributed by atoms with Crippen LogP contribution in [0.4, 0.5) is 5.69 Å². The first-order chi connectivity index (χ1) is 8.54. The lowest BCUT2D eigenvalue weighted by Gasteiger charge is -2.33. The Morgan fingerprint density at radius 3 is 2.39 bits per heavy atom. The van der Waals surface area contributed by atoms with Crippen LogP contribution < -0.4 is 5.73 Å². The highest BCUT2D eigenvalue weighted by Crippen LogP contribution is 2.26. The first-order valence-electron chi connectivity index (χ1n) is 5.48. The average molecular weight is 255 g/mol. The van der Waals surface area contributed by atoms with Gasteiger partial charge in [-0.05, 0) is 12.1 Å². The van der Waals surface area contributed by atoms with E-state index in [4.69, 9.17) is 14.6 Å².